The van der Waals surface area contributed by atoms with Gasteiger partial charge in [0.2, 0.25) is 0 Å². The minimum absolute atomic E-state index is 0.0190. The van der Waals surface area contributed by atoms with E-state index in [-0.39, 0.29) is 11.3 Å². The van der Waals surface area contributed by atoms with Crippen molar-refractivity contribution in [3.8, 4) is 0 Å². The molecule has 3 atom stereocenters. The highest BCUT2D eigenvalue weighted by Gasteiger charge is 2.34. The van der Waals surface area contributed by atoms with Gasteiger partial charge in [-0.2, -0.15) is 0 Å². The van der Waals surface area contributed by atoms with Crippen LogP contribution in [0.25, 0.3) is 0 Å². The van der Waals surface area contributed by atoms with Crippen LogP contribution in [0.3, 0.4) is 0 Å². The van der Waals surface area contributed by atoms with E-state index in [1.54, 1.807) is 0 Å². The van der Waals surface area contributed by atoms with Crippen LogP contribution in [-0.4, -0.2) is 44.0 Å². The normalized spacial score (nSPS) is 15.8. The smallest absolute Gasteiger partial charge is 0.334 e. The Morgan fingerprint density at radius 1 is 1.20 bits per heavy atom. The van der Waals surface area contributed by atoms with Gasteiger partial charge >= 0.3 is 5.97 Å². The number of rotatable bonds is 10. The molecule has 0 aromatic heterocycles. The number of aliphatic hydroxyl groups excluding tert-OH is 1. The van der Waals surface area contributed by atoms with Crippen LogP contribution in [0.5, 0.6) is 0 Å². The third kappa shape index (κ3) is 8.14. The zero-order valence-electron chi connectivity index (χ0n) is 15.9. The molecule has 6 heteroatoms. The average Bonchev–Trinajstić information content (AvgIpc) is 2.51. The van der Waals surface area contributed by atoms with Gasteiger partial charge in [-0.3, -0.25) is 0 Å². The molecule has 1 rings (SSSR count). The Morgan fingerprint density at radius 2 is 1.80 bits per heavy atom. The molecule has 0 heterocycles. The summed E-state index contributed by atoms with van der Waals surface area (Å²) in [6, 6.07) is 9.90. The standard InChI is InChI=1S/C19H32O5Si/c1-19(2,3)15(13-23-12-14-9-7-6-8-10-14)11-16(20)17(18(21)22)24-25(4)5/h6-10,15-17,20,25H,11-13H2,1-5H3,(H,21,22)/t15-,16-,17?/m1/s1. The maximum Gasteiger partial charge on any atom is 0.334 e. The van der Waals surface area contributed by atoms with Crippen molar-refractivity contribution in [2.24, 2.45) is 11.3 Å². The Kier molecular flexibility index (Phi) is 8.79. The molecule has 0 fully saturated rings. The second-order valence-electron chi connectivity index (χ2n) is 7.81. The zero-order valence-corrected chi connectivity index (χ0v) is 17.1. The van der Waals surface area contributed by atoms with Crippen LogP contribution in [0.15, 0.2) is 30.3 Å². The van der Waals surface area contributed by atoms with E-state index >= 15 is 0 Å². The van der Waals surface area contributed by atoms with Gasteiger partial charge in [-0.15, -0.1) is 0 Å². The van der Waals surface area contributed by atoms with Crippen molar-refractivity contribution in [2.75, 3.05) is 6.61 Å². The Hall–Kier alpha value is -1.21. The van der Waals surface area contributed by atoms with Gasteiger partial charge in [0.15, 0.2) is 15.1 Å². The summed E-state index contributed by atoms with van der Waals surface area (Å²) in [7, 11) is -1.56. The van der Waals surface area contributed by atoms with Gasteiger partial charge in [0.1, 0.15) is 0 Å². The molecule has 0 radical (unpaired) electrons. The van der Waals surface area contributed by atoms with Gasteiger partial charge in [0.25, 0.3) is 0 Å². The van der Waals surface area contributed by atoms with Gasteiger partial charge in [-0.1, -0.05) is 51.1 Å². The summed E-state index contributed by atoms with van der Waals surface area (Å²) >= 11 is 0. The molecule has 0 aliphatic heterocycles. The number of hydrogen-bond acceptors (Lipinski definition) is 4. The molecule has 142 valence electrons. The lowest BCUT2D eigenvalue weighted by Crippen LogP contribution is -2.42. The SMILES string of the molecule is C[SiH](C)OC(C(=O)O)[C@H](O)C[C@H](COCc1ccccc1)C(C)(C)C. The number of hydrogen-bond donors (Lipinski definition) is 2. The van der Waals surface area contributed by atoms with Gasteiger partial charge in [0.05, 0.1) is 19.3 Å². The van der Waals surface area contributed by atoms with Gasteiger partial charge < -0.3 is 19.4 Å². The quantitative estimate of drug-likeness (QED) is 0.621. The number of carboxylic acids is 1. The molecule has 1 aromatic carbocycles. The minimum atomic E-state index is -1.56. The number of benzene rings is 1. The second-order valence-corrected chi connectivity index (χ2v) is 10.2. The van der Waals surface area contributed by atoms with Crippen molar-refractivity contribution in [3.05, 3.63) is 35.9 Å². The van der Waals surface area contributed by atoms with E-state index in [4.69, 9.17) is 9.16 Å². The lowest BCUT2D eigenvalue weighted by Gasteiger charge is -2.33. The van der Waals surface area contributed by atoms with E-state index in [1.165, 1.54) is 0 Å². The van der Waals surface area contributed by atoms with Crippen molar-refractivity contribution in [1.29, 1.82) is 0 Å². The Balaban J connectivity index is 2.66. The molecule has 0 amide bonds. The van der Waals surface area contributed by atoms with Crippen LogP contribution in [0, 0.1) is 11.3 Å². The maximum absolute atomic E-state index is 11.4. The van der Waals surface area contributed by atoms with Gasteiger partial charge in [0, 0.05) is 0 Å². The van der Waals surface area contributed by atoms with Crippen molar-refractivity contribution in [1.82, 2.24) is 0 Å². The molecular weight excluding hydrogens is 336 g/mol. The molecule has 0 saturated heterocycles. The summed E-state index contributed by atoms with van der Waals surface area (Å²) in [6.07, 6.45) is -1.88. The summed E-state index contributed by atoms with van der Waals surface area (Å²) < 4.78 is 11.3. The number of ether oxygens (including phenoxy) is 1. The Bertz CT molecular complexity index is 512. The highest BCUT2D eigenvalue weighted by molar-refractivity contribution is 6.48. The number of aliphatic hydroxyl groups is 1. The van der Waals surface area contributed by atoms with E-state index in [0.717, 1.165) is 5.56 Å². The van der Waals surface area contributed by atoms with Crippen LogP contribution in [0.4, 0.5) is 0 Å². The second kappa shape index (κ2) is 10.1. The van der Waals surface area contributed by atoms with Crippen LogP contribution in [0.2, 0.25) is 13.1 Å². The molecule has 0 saturated carbocycles. The van der Waals surface area contributed by atoms with Gasteiger partial charge in [-0.05, 0) is 36.4 Å². The van der Waals surface area contributed by atoms with Crippen molar-refractivity contribution in [2.45, 2.75) is 59.1 Å². The predicted octanol–water partition coefficient (Wildman–Crippen LogP) is 3.07. The monoisotopic (exact) mass is 368 g/mol. The fourth-order valence-corrected chi connectivity index (χ4v) is 3.47. The van der Waals surface area contributed by atoms with E-state index in [1.807, 2.05) is 43.4 Å². The fraction of sp³-hybridized carbons (Fsp3) is 0.632. The molecule has 0 spiro atoms. The molecule has 1 aromatic rings. The van der Waals surface area contributed by atoms with Crippen LogP contribution in [0.1, 0.15) is 32.8 Å². The largest absolute Gasteiger partial charge is 0.479 e. The molecule has 2 N–H and O–H groups in total. The lowest BCUT2D eigenvalue weighted by atomic mass is 9.77. The minimum Gasteiger partial charge on any atom is -0.479 e. The summed E-state index contributed by atoms with van der Waals surface area (Å²) in [5.41, 5.74) is 0.976. The van der Waals surface area contributed by atoms with E-state index in [9.17, 15) is 15.0 Å². The number of carbonyl (C=O) groups is 1. The molecule has 1 unspecified atom stereocenters. The summed E-state index contributed by atoms with van der Waals surface area (Å²) in [5.74, 6) is -1.09. The Morgan fingerprint density at radius 3 is 2.28 bits per heavy atom. The van der Waals surface area contributed by atoms with E-state index in [0.29, 0.717) is 19.6 Å². The first-order valence-corrected chi connectivity index (χ1v) is 11.6. The predicted molar refractivity (Wildman–Crippen MR) is 101 cm³/mol. The zero-order chi connectivity index (χ0) is 19.0. The van der Waals surface area contributed by atoms with Crippen molar-refractivity contribution >= 4 is 15.0 Å². The fourth-order valence-electron chi connectivity index (χ4n) is 2.59. The first-order chi connectivity index (χ1) is 11.6. The number of aliphatic carboxylic acids is 1. The highest BCUT2D eigenvalue weighted by Crippen LogP contribution is 2.31. The first kappa shape index (κ1) is 21.8. The third-order valence-electron chi connectivity index (χ3n) is 4.19. The molecule has 0 aliphatic rings. The summed E-state index contributed by atoms with van der Waals surface area (Å²) in [5, 5.41) is 19.8. The number of carboxylic acid groups (broad SMARTS) is 1. The molecule has 25 heavy (non-hydrogen) atoms. The van der Waals surface area contributed by atoms with Crippen LogP contribution >= 0.6 is 0 Å². The summed E-state index contributed by atoms with van der Waals surface area (Å²) in [6.45, 7) is 11.0. The highest BCUT2D eigenvalue weighted by atomic mass is 28.3. The lowest BCUT2D eigenvalue weighted by molar-refractivity contribution is -0.152. The van der Waals surface area contributed by atoms with Crippen LogP contribution < -0.4 is 0 Å². The van der Waals surface area contributed by atoms with Crippen molar-refractivity contribution < 1.29 is 24.2 Å². The summed E-state index contributed by atoms with van der Waals surface area (Å²) in [4.78, 5) is 11.4. The Labute approximate surface area is 152 Å². The first-order valence-electron chi connectivity index (χ1n) is 8.79. The third-order valence-corrected chi connectivity index (χ3v) is 5.03. The van der Waals surface area contributed by atoms with Crippen molar-refractivity contribution in [3.63, 3.8) is 0 Å². The van der Waals surface area contributed by atoms with Crippen LogP contribution in [-0.2, 0) is 20.6 Å². The average molecular weight is 369 g/mol. The van der Waals surface area contributed by atoms with E-state index < -0.39 is 27.2 Å². The molecule has 0 bridgehead atoms. The molecule has 5 nitrogen and oxygen atoms in total. The maximum atomic E-state index is 11.4. The van der Waals surface area contributed by atoms with E-state index in [2.05, 4.69) is 20.8 Å². The molecular formula is C19H32O5Si. The molecule has 0 aliphatic carbocycles. The van der Waals surface area contributed by atoms with Gasteiger partial charge in [-0.25, -0.2) is 4.79 Å². The topological polar surface area (TPSA) is 76.0 Å².